The van der Waals surface area contributed by atoms with Crippen LogP contribution in [-0.2, 0) is 16.0 Å². The van der Waals surface area contributed by atoms with Gasteiger partial charge in [0.25, 0.3) is 0 Å². The van der Waals surface area contributed by atoms with Crippen LogP contribution in [0.1, 0.15) is 12.0 Å². The van der Waals surface area contributed by atoms with Crippen LogP contribution in [0.4, 0.5) is 10.1 Å². The number of carbonyl (C=O) groups excluding carboxylic acids is 2. The third-order valence-corrected chi connectivity index (χ3v) is 4.24. The lowest BCUT2D eigenvalue weighted by Gasteiger charge is -2.23. The smallest absolute Gasteiger partial charge is 0.231 e. The predicted octanol–water partition coefficient (Wildman–Crippen LogP) is 3.43. The summed E-state index contributed by atoms with van der Waals surface area (Å²) in [4.78, 5) is 25.6. The van der Waals surface area contributed by atoms with Crippen molar-refractivity contribution >= 4 is 28.3 Å². The van der Waals surface area contributed by atoms with Crippen LogP contribution in [0, 0.1) is 5.82 Å². The van der Waals surface area contributed by atoms with Gasteiger partial charge in [0.15, 0.2) is 0 Å². The molecule has 2 N–H and O–H groups in total. The van der Waals surface area contributed by atoms with Crippen molar-refractivity contribution in [3.8, 4) is 0 Å². The molecule has 4 nitrogen and oxygen atoms in total. The van der Waals surface area contributed by atoms with Gasteiger partial charge in [-0.05, 0) is 40.6 Å². The second-order valence-corrected chi connectivity index (χ2v) is 6.05. The fourth-order valence-electron chi connectivity index (χ4n) is 2.95. The standard InChI is InChI=1S/C21H19FN2O2/c22-17-8-10-18(11-9-17)24(13-12-20(23)25)21(26)14-16-6-3-5-15-4-1-2-7-19(15)16/h1-11H,12-14H2,(H2,23,25). The normalized spacial score (nSPS) is 10.7. The molecule has 0 aliphatic rings. The molecule has 0 radical (unpaired) electrons. The van der Waals surface area contributed by atoms with Gasteiger partial charge < -0.3 is 10.6 Å². The van der Waals surface area contributed by atoms with E-state index >= 15 is 0 Å². The number of primary amides is 1. The van der Waals surface area contributed by atoms with Crippen LogP contribution in [0.25, 0.3) is 10.8 Å². The van der Waals surface area contributed by atoms with Gasteiger partial charge in [0.2, 0.25) is 11.8 Å². The highest BCUT2D eigenvalue weighted by molar-refractivity contribution is 5.98. The molecule has 0 saturated carbocycles. The molecule has 0 aliphatic carbocycles. The minimum atomic E-state index is -0.491. The van der Waals surface area contributed by atoms with Gasteiger partial charge in [0.1, 0.15) is 5.82 Å². The molecule has 3 rings (SSSR count). The number of benzene rings is 3. The van der Waals surface area contributed by atoms with Crippen molar-refractivity contribution in [3.63, 3.8) is 0 Å². The molecule has 0 aromatic heterocycles. The lowest BCUT2D eigenvalue weighted by Crippen LogP contribution is -2.35. The van der Waals surface area contributed by atoms with Crippen molar-refractivity contribution in [2.45, 2.75) is 12.8 Å². The van der Waals surface area contributed by atoms with Gasteiger partial charge in [-0.15, -0.1) is 0 Å². The van der Waals surface area contributed by atoms with Crippen LogP contribution in [0.3, 0.4) is 0 Å². The van der Waals surface area contributed by atoms with Gasteiger partial charge >= 0.3 is 0 Å². The lowest BCUT2D eigenvalue weighted by molar-refractivity contribution is -0.118. The number of nitrogens with two attached hydrogens (primary N) is 1. The number of carbonyl (C=O) groups is 2. The summed E-state index contributed by atoms with van der Waals surface area (Å²) in [7, 11) is 0. The first-order valence-corrected chi connectivity index (χ1v) is 8.35. The Labute approximate surface area is 151 Å². The Morgan fingerprint density at radius 2 is 1.62 bits per heavy atom. The Kier molecular flexibility index (Phi) is 5.27. The first kappa shape index (κ1) is 17.6. The molecule has 0 aliphatic heterocycles. The van der Waals surface area contributed by atoms with E-state index in [0.29, 0.717) is 5.69 Å². The zero-order valence-corrected chi connectivity index (χ0v) is 14.2. The molecule has 5 heteroatoms. The van der Waals surface area contributed by atoms with E-state index in [1.807, 2.05) is 42.5 Å². The molecule has 0 saturated heterocycles. The minimum absolute atomic E-state index is 0.0403. The molecule has 0 fully saturated rings. The summed E-state index contributed by atoms with van der Waals surface area (Å²) in [6.45, 7) is 0.157. The number of halogens is 1. The van der Waals surface area contributed by atoms with Crippen molar-refractivity contribution < 1.29 is 14.0 Å². The van der Waals surface area contributed by atoms with Gasteiger partial charge in [0.05, 0.1) is 6.42 Å². The van der Waals surface area contributed by atoms with E-state index in [1.54, 1.807) is 0 Å². The third-order valence-electron chi connectivity index (χ3n) is 4.24. The van der Waals surface area contributed by atoms with Crippen molar-refractivity contribution in [3.05, 3.63) is 78.1 Å². The van der Waals surface area contributed by atoms with Crippen LogP contribution in [0.5, 0.6) is 0 Å². The lowest BCUT2D eigenvalue weighted by atomic mass is 10.0. The SMILES string of the molecule is NC(=O)CCN(C(=O)Cc1cccc2ccccc12)c1ccc(F)cc1. The number of hydrogen-bond acceptors (Lipinski definition) is 2. The quantitative estimate of drug-likeness (QED) is 0.740. The Bertz CT molecular complexity index is 933. The number of rotatable bonds is 6. The van der Waals surface area contributed by atoms with Gasteiger partial charge in [-0.2, -0.15) is 0 Å². The summed E-state index contributed by atoms with van der Waals surface area (Å²) >= 11 is 0. The first-order valence-electron chi connectivity index (χ1n) is 8.35. The highest BCUT2D eigenvalue weighted by atomic mass is 19.1. The van der Waals surface area contributed by atoms with E-state index in [4.69, 9.17) is 5.73 Å². The molecule has 0 unspecified atom stereocenters. The molecular formula is C21H19FN2O2. The largest absolute Gasteiger partial charge is 0.370 e. The number of amides is 2. The summed E-state index contributed by atoms with van der Waals surface area (Å²) in [5.41, 5.74) is 6.67. The van der Waals surface area contributed by atoms with E-state index in [2.05, 4.69) is 0 Å². The van der Waals surface area contributed by atoms with Gasteiger partial charge in [0, 0.05) is 18.7 Å². The van der Waals surface area contributed by atoms with Crippen LogP contribution in [0.2, 0.25) is 0 Å². The molecule has 132 valence electrons. The fourth-order valence-corrected chi connectivity index (χ4v) is 2.95. The van der Waals surface area contributed by atoms with Gasteiger partial charge in [-0.25, -0.2) is 4.39 Å². The topological polar surface area (TPSA) is 63.4 Å². The van der Waals surface area contributed by atoms with E-state index in [0.717, 1.165) is 16.3 Å². The van der Waals surface area contributed by atoms with E-state index < -0.39 is 5.91 Å². The van der Waals surface area contributed by atoms with Crippen molar-refractivity contribution in [2.75, 3.05) is 11.4 Å². The molecule has 3 aromatic carbocycles. The molecule has 0 spiro atoms. The second kappa shape index (κ2) is 7.78. The highest BCUT2D eigenvalue weighted by Crippen LogP contribution is 2.22. The molecular weight excluding hydrogens is 331 g/mol. The summed E-state index contributed by atoms with van der Waals surface area (Å²) in [6.07, 6.45) is 0.218. The Hall–Kier alpha value is -3.21. The zero-order chi connectivity index (χ0) is 18.5. The van der Waals surface area contributed by atoms with Crippen LogP contribution in [0.15, 0.2) is 66.7 Å². The molecule has 3 aromatic rings. The van der Waals surface area contributed by atoms with Crippen LogP contribution in [-0.4, -0.2) is 18.4 Å². The van der Waals surface area contributed by atoms with Crippen molar-refractivity contribution in [1.82, 2.24) is 0 Å². The maximum absolute atomic E-state index is 13.2. The van der Waals surface area contributed by atoms with Crippen LogP contribution >= 0.6 is 0 Å². The third kappa shape index (κ3) is 4.06. The van der Waals surface area contributed by atoms with Crippen LogP contribution < -0.4 is 10.6 Å². The Balaban J connectivity index is 1.89. The monoisotopic (exact) mass is 350 g/mol. The number of nitrogens with zero attached hydrogens (tertiary/aromatic N) is 1. The highest BCUT2D eigenvalue weighted by Gasteiger charge is 2.18. The molecule has 0 heterocycles. The second-order valence-electron chi connectivity index (χ2n) is 6.05. The Morgan fingerprint density at radius 3 is 2.35 bits per heavy atom. The molecule has 26 heavy (non-hydrogen) atoms. The van der Waals surface area contributed by atoms with E-state index in [-0.39, 0.29) is 31.1 Å². The number of anilines is 1. The van der Waals surface area contributed by atoms with Gasteiger partial charge in [-0.1, -0.05) is 42.5 Å². The average Bonchev–Trinajstić information content (AvgIpc) is 2.63. The fraction of sp³-hybridized carbons (Fsp3) is 0.143. The summed E-state index contributed by atoms with van der Waals surface area (Å²) in [5.74, 6) is -1.05. The minimum Gasteiger partial charge on any atom is -0.370 e. The first-order chi connectivity index (χ1) is 12.5. The average molecular weight is 350 g/mol. The van der Waals surface area contributed by atoms with E-state index in [9.17, 15) is 14.0 Å². The molecule has 0 bridgehead atoms. The zero-order valence-electron chi connectivity index (χ0n) is 14.2. The van der Waals surface area contributed by atoms with Gasteiger partial charge in [-0.3, -0.25) is 9.59 Å². The number of hydrogen-bond donors (Lipinski definition) is 1. The summed E-state index contributed by atoms with van der Waals surface area (Å²) in [5, 5.41) is 2.07. The predicted molar refractivity (Wildman–Crippen MR) is 100 cm³/mol. The maximum Gasteiger partial charge on any atom is 0.231 e. The van der Waals surface area contributed by atoms with E-state index in [1.165, 1.54) is 29.2 Å². The van der Waals surface area contributed by atoms with Crippen molar-refractivity contribution in [1.29, 1.82) is 0 Å². The Morgan fingerprint density at radius 1 is 0.923 bits per heavy atom. The molecule has 2 amide bonds. The summed E-state index contributed by atoms with van der Waals surface area (Å²) in [6, 6.07) is 19.3. The summed E-state index contributed by atoms with van der Waals surface area (Å²) < 4.78 is 13.2. The molecule has 0 atom stereocenters. The van der Waals surface area contributed by atoms with Crippen molar-refractivity contribution in [2.24, 2.45) is 5.73 Å². The maximum atomic E-state index is 13.2. The number of fused-ring (bicyclic) bond motifs is 1.